The van der Waals surface area contributed by atoms with Crippen molar-refractivity contribution in [1.82, 2.24) is 14.7 Å². The summed E-state index contributed by atoms with van der Waals surface area (Å²) in [7, 11) is 0. The lowest BCUT2D eigenvalue weighted by Crippen LogP contribution is -2.65. The van der Waals surface area contributed by atoms with Crippen LogP contribution in [0, 0.1) is 0 Å². The monoisotopic (exact) mass is 367 g/mol. The Labute approximate surface area is 137 Å². The number of nitrogens with zero attached hydrogens (tertiary/aromatic N) is 5. The molecule has 3 amide bonds. The van der Waals surface area contributed by atoms with Gasteiger partial charge in [-0.1, -0.05) is 13.8 Å². The molecule has 1 saturated heterocycles. The molecule has 0 saturated carbocycles. The predicted octanol–water partition coefficient (Wildman–Crippen LogP) is 1.76. The summed E-state index contributed by atoms with van der Waals surface area (Å²) in [4.78, 5) is 38.9. The molecule has 0 aromatic rings. The van der Waals surface area contributed by atoms with Gasteiger partial charge in [0.05, 0.1) is 4.48 Å². The minimum Gasteiger partial charge on any atom is -0.300 e. The third-order valence-corrected chi connectivity index (χ3v) is 4.26. The lowest BCUT2D eigenvalue weighted by molar-refractivity contribution is -0.137. The van der Waals surface area contributed by atoms with E-state index in [1.54, 1.807) is 22.2 Å². The second-order valence-corrected chi connectivity index (χ2v) is 6.35. The van der Waals surface area contributed by atoms with E-state index < -0.39 is 12.2 Å². The van der Waals surface area contributed by atoms with Crippen LogP contribution in [0.5, 0.6) is 0 Å². The van der Waals surface area contributed by atoms with Crippen molar-refractivity contribution in [2.75, 3.05) is 13.1 Å². The van der Waals surface area contributed by atoms with Gasteiger partial charge in [-0.15, -0.1) is 0 Å². The molecule has 0 spiro atoms. The number of aliphatic imine (C=N–C) groups is 2. The van der Waals surface area contributed by atoms with Crippen LogP contribution in [0.15, 0.2) is 20.7 Å². The van der Waals surface area contributed by atoms with Crippen LogP contribution in [0.3, 0.4) is 0 Å². The maximum absolute atomic E-state index is 12.8. The molecule has 3 heterocycles. The van der Waals surface area contributed by atoms with Crippen molar-refractivity contribution in [2.24, 2.45) is 9.98 Å². The van der Waals surface area contributed by atoms with Gasteiger partial charge in [0, 0.05) is 25.5 Å². The first-order chi connectivity index (χ1) is 10.6. The van der Waals surface area contributed by atoms with Crippen LogP contribution in [0.2, 0.25) is 0 Å². The Morgan fingerprint density at radius 2 is 1.95 bits per heavy atom. The van der Waals surface area contributed by atoms with Crippen LogP contribution in [0.25, 0.3) is 0 Å². The maximum Gasteiger partial charge on any atom is 0.328 e. The second-order valence-electron chi connectivity index (χ2n) is 5.43. The van der Waals surface area contributed by atoms with E-state index in [1.807, 2.05) is 13.8 Å². The predicted molar refractivity (Wildman–Crippen MR) is 86.7 cm³/mol. The third kappa shape index (κ3) is 2.25. The first-order valence-electron chi connectivity index (χ1n) is 7.48. The standard InChI is InChI=1S/C14H18BrN5O2/c1-3-5-18-11-10(12(21)19(6-4-2)14(18)22)20-8-9(15)7-16-13(20)17-11/h7-8,10-11H,3-6H2,1-2H3. The van der Waals surface area contributed by atoms with Gasteiger partial charge in [0.2, 0.25) is 5.96 Å². The van der Waals surface area contributed by atoms with Crippen molar-refractivity contribution in [3.05, 3.63) is 10.7 Å². The molecule has 0 aliphatic carbocycles. The summed E-state index contributed by atoms with van der Waals surface area (Å²) in [5.41, 5.74) is 0. The van der Waals surface area contributed by atoms with E-state index >= 15 is 0 Å². The number of imide groups is 1. The fraction of sp³-hybridized carbons (Fsp3) is 0.571. The molecule has 0 aromatic heterocycles. The first-order valence-corrected chi connectivity index (χ1v) is 8.27. The molecule has 0 aromatic carbocycles. The second kappa shape index (κ2) is 5.83. The lowest BCUT2D eigenvalue weighted by atomic mass is 10.1. The topological polar surface area (TPSA) is 68.6 Å². The zero-order valence-corrected chi connectivity index (χ0v) is 14.2. The van der Waals surface area contributed by atoms with Crippen LogP contribution >= 0.6 is 15.9 Å². The van der Waals surface area contributed by atoms with E-state index in [-0.39, 0.29) is 11.9 Å². The van der Waals surface area contributed by atoms with Crippen LogP contribution in [-0.4, -0.2) is 64.1 Å². The fourth-order valence-electron chi connectivity index (χ4n) is 2.95. The average molecular weight is 368 g/mol. The molecule has 2 unspecified atom stereocenters. The number of guanidine groups is 1. The van der Waals surface area contributed by atoms with Crippen LogP contribution in [0.1, 0.15) is 26.7 Å². The third-order valence-electron chi connectivity index (χ3n) is 3.85. The van der Waals surface area contributed by atoms with Crippen LogP contribution in [-0.2, 0) is 4.79 Å². The number of fused-ring (bicyclic) bond motifs is 3. The quantitative estimate of drug-likeness (QED) is 0.759. The highest BCUT2D eigenvalue weighted by Crippen LogP contribution is 2.31. The number of amides is 3. The molecule has 0 bridgehead atoms. The highest BCUT2D eigenvalue weighted by Gasteiger charge is 2.52. The number of hydrogen-bond acceptors (Lipinski definition) is 5. The Balaban J connectivity index is 1.99. The van der Waals surface area contributed by atoms with Crippen LogP contribution in [0.4, 0.5) is 4.79 Å². The van der Waals surface area contributed by atoms with Crippen molar-refractivity contribution in [2.45, 2.75) is 38.9 Å². The van der Waals surface area contributed by atoms with Crippen molar-refractivity contribution in [3.8, 4) is 0 Å². The van der Waals surface area contributed by atoms with Gasteiger partial charge in [-0.2, -0.15) is 0 Å². The van der Waals surface area contributed by atoms with Gasteiger partial charge < -0.3 is 0 Å². The summed E-state index contributed by atoms with van der Waals surface area (Å²) >= 11 is 3.37. The van der Waals surface area contributed by atoms with E-state index in [9.17, 15) is 9.59 Å². The zero-order chi connectivity index (χ0) is 15.9. The summed E-state index contributed by atoms with van der Waals surface area (Å²) in [5.74, 6) is 0.287. The van der Waals surface area contributed by atoms with Crippen molar-refractivity contribution < 1.29 is 9.59 Å². The summed E-state index contributed by atoms with van der Waals surface area (Å²) in [6, 6.07) is -0.762. The molecule has 0 radical (unpaired) electrons. The molecular formula is C14H18BrN5O2. The first kappa shape index (κ1) is 15.2. The zero-order valence-electron chi connectivity index (χ0n) is 12.6. The molecule has 118 valence electrons. The number of urea groups is 1. The van der Waals surface area contributed by atoms with Gasteiger partial charge >= 0.3 is 6.03 Å². The highest BCUT2D eigenvalue weighted by molar-refractivity contribution is 9.12. The smallest absolute Gasteiger partial charge is 0.300 e. The van der Waals surface area contributed by atoms with Crippen molar-refractivity contribution in [3.63, 3.8) is 0 Å². The number of carbonyl (C=O) groups is 2. The van der Waals surface area contributed by atoms with Gasteiger partial charge in [-0.3, -0.25) is 19.5 Å². The Morgan fingerprint density at radius 3 is 2.64 bits per heavy atom. The number of rotatable bonds is 4. The van der Waals surface area contributed by atoms with E-state index in [4.69, 9.17) is 0 Å². The van der Waals surface area contributed by atoms with Gasteiger partial charge in [0.25, 0.3) is 5.91 Å². The molecule has 3 rings (SSSR count). The number of hydrogen-bond donors (Lipinski definition) is 0. The number of allylic oxidation sites excluding steroid dienone is 1. The molecule has 7 nitrogen and oxygen atoms in total. The molecule has 2 atom stereocenters. The summed E-state index contributed by atoms with van der Waals surface area (Å²) in [6.07, 6.45) is 4.51. The Kier molecular flexibility index (Phi) is 4.03. The minimum absolute atomic E-state index is 0.198. The fourth-order valence-corrected chi connectivity index (χ4v) is 3.28. The molecule has 22 heavy (non-hydrogen) atoms. The van der Waals surface area contributed by atoms with Gasteiger partial charge in [-0.05, 0) is 28.8 Å². The van der Waals surface area contributed by atoms with E-state index in [2.05, 4.69) is 25.9 Å². The summed E-state index contributed by atoms with van der Waals surface area (Å²) in [5, 5.41) is 0. The maximum atomic E-state index is 12.8. The Bertz CT molecular complexity index is 600. The Hall–Kier alpha value is -1.70. The van der Waals surface area contributed by atoms with Gasteiger partial charge in [0.1, 0.15) is 0 Å². The minimum atomic E-state index is -0.518. The molecule has 1 fully saturated rings. The Morgan fingerprint density at radius 1 is 1.23 bits per heavy atom. The molecular weight excluding hydrogens is 350 g/mol. The van der Waals surface area contributed by atoms with Crippen LogP contribution < -0.4 is 0 Å². The molecule has 8 heteroatoms. The van der Waals surface area contributed by atoms with Crippen molar-refractivity contribution >= 4 is 40.0 Å². The SMILES string of the molecule is CCCN1C(=O)C2C(N=C3N=CC(Br)=CN32)N(CCC)C1=O. The highest BCUT2D eigenvalue weighted by atomic mass is 79.9. The summed E-state index contributed by atoms with van der Waals surface area (Å²) < 4.78 is 0.779. The number of halogens is 1. The lowest BCUT2D eigenvalue weighted by Gasteiger charge is -2.42. The summed E-state index contributed by atoms with van der Waals surface area (Å²) in [6.45, 7) is 4.97. The molecule has 3 aliphatic rings. The average Bonchev–Trinajstić information content (AvgIpc) is 2.86. The molecule has 3 aliphatic heterocycles. The van der Waals surface area contributed by atoms with Crippen molar-refractivity contribution in [1.29, 1.82) is 0 Å². The van der Waals surface area contributed by atoms with E-state index in [1.165, 1.54) is 4.90 Å². The largest absolute Gasteiger partial charge is 0.328 e. The van der Waals surface area contributed by atoms with E-state index in [0.29, 0.717) is 19.0 Å². The normalized spacial score (nSPS) is 27.0. The van der Waals surface area contributed by atoms with E-state index in [0.717, 1.165) is 17.3 Å². The van der Waals surface area contributed by atoms with Gasteiger partial charge in [-0.25, -0.2) is 14.8 Å². The molecule has 0 N–H and O–H groups in total. The number of carbonyl (C=O) groups excluding carboxylic acids is 2. The van der Waals surface area contributed by atoms with Gasteiger partial charge in [0.15, 0.2) is 12.2 Å².